The maximum absolute atomic E-state index is 12.0. The monoisotopic (exact) mass is 644 g/mol. The zero-order valence-electron chi connectivity index (χ0n) is 20.3. The fourth-order valence-electron chi connectivity index (χ4n) is 3.48. The summed E-state index contributed by atoms with van der Waals surface area (Å²) >= 11 is 5.91. The topological polar surface area (TPSA) is 44.8 Å². The molecule has 0 heterocycles. The Bertz CT molecular complexity index is 988. The Morgan fingerprint density at radius 1 is 1.21 bits per heavy atom. The van der Waals surface area contributed by atoms with Gasteiger partial charge in [-0.1, -0.05) is 54.9 Å². The first-order valence-electron chi connectivity index (χ1n) is 11.4. The Hall–Kier alpha value is -0.903. The molecule has 4 nitrogen and oxygen atoms in total. The third-order valence-corrected chi connectivity index (χ3v) is 12.5. The fraction of sp³-hybridized carbons (Fsp3) is 0.500. The summed E-state index contributed by atoms with van der Waals surface area (Å²) in [6.45, 7) is 14.0. The minimum absolute atomic E-state index is 0.0140. The number of rotatable bonds is 9. The Kier molecular flexibility index (Phi) is 8.73. The minimum atomic E-state index is -1.92. The van der Waals surface area contributed by atoms with Crippen molar-refractivity contribution in [1.29, 1.82) is 0 Å². The molecule has 3 unspecified atom stereocenters. The Balaban J connectivity index is 1.78. The highest BCUT2D eigenvalue weighted by Crippen LogP contribution is 2.49. The van der Waals surface area contributed by atoms with E-state index in [0.29, 0.717) is 13.2 Å². The molecule has 180 valence electrons. The van der Waals surface area contributed by atoms with Crippen LogP contribution in [0, 0.1) is 9.49 Å². The van der Waals surface area contributed by atoms with E-state index in [0.717, 1.165) is 25.8 Å². The predicted molar refractivity (Wildman–Crippen MR) is 147 cm³/mol. The zero-order valence-corrected chi connectivity index (χ0v) is 25.0. The van der Waals surface area contributed by atoms with Crippen LogP contribution in [-0.2, 0) is 14.0 Å². The molecule has 3 atom stereocenters. The molecule has 1 saturated carbocycles. The third-order valence-electron chi connectivity index (χ3n) is 6.66. The Labute approximate surface area is 221 Å². The molecule has 0 bridgehead atoms. The molecule has 0 aliphatic heterocycles. The van der Waals surface area contributed by atoms with Crippen LogP contribution in [0.4, 0.5) is 0 Å². The van der Waals surface area contributed by atoms with Gasteiger partial charge in [0, 0.05) is 4.47 Å². The number of hydrogen-bond acceptors (Lipinski definition) is 4. The van der Waals surface area contributed by atoms with E-state index in [-0.39, 0.29) is 28.9 Å². The maximum atomic E-state index is 12.0. The maximum Gasteiger partial charge on any atom is 0.309 e. The van der Waals surface area contributed by atoms with Crippen molar-refractivity contribution < 1.29 is 18.7 Å². The second-order valence-electron chi connectivity index (χ2n) is 10.1. The summed E-state index contributed by atoms with van der Waals surface area (Å²) in [7, 11) is -1.92. The van der Waals surface area contributed by atoms with Gasteiger partial charge in [-0.05, 0) is 95.4 Å². The Morgan fingerprint density at radius 2 is 1.94 bits per heavy atom. The first kappa shape index (κ1) is 26.7. The van der Waals surface area contributed by atoms with Crippen molar-refractivity contribution in [1.82, 2.24) is 0 Å². The van der Waals surface area contributed by atoms with Crippen LogP contribution in [0.15, 0.2) is 46.9 Å². The van der Waals surface area contributed by atoms with Crippen molar-refractivity contribution in [2.45, 2.75) is 64.3 Å². The minimum Gasteiger partial charge on any atom is -0.482 e. The fourth-order valence-corrected chi connectivity index (χ4v) is 5.56. The van der Waals surface area contributed by atoms with Crippen molar-refractivity contribution in [2.75, 3.05) is 13.2 Å². The lowest BCUT2D eigenvalue weighted by molar-refractivity contribution is -0.144. The number of esters is 1. The molecule has 0 aromatic heterocycles. The highest BCUT2D eigenvalue weighted by Gasteiger charge is 2.45. The number of halogens is 2. The SMILES string of the molecule is CCOC(=O)C1CC1c1ccc(OC(CO[Si](C)(C)C(C)(C)C)c2cccc(Br)c2)c(I)c1. The van der Waals surface area contributed by atoms with E-state index >= 15 is 0 Å². The smallest absolute Gasteiger partial charge is 0.309 e. The molecule has 2 aromatic carbocycles. The lowest BCUT2D eigenvalue weighted by Crippen LogP contribution is -2.42. The van der Waals surface area contributed by atoms with Crippen molar-refractivity contribution >= 4 is 52.8 Å². The van der Waals surface area contributed by atoms with Crippen LogP contribution in [0.3, 0.4) is 0 Å². The van der Waals surface area contributed by atoms with E-state index < -0.39 is 8.32 Å². The molecule has 0 saturated heterocycles. The highest BCUT2D eigenvalue weighted by molar-refractivity contribution is 14.1. The summed E-state index contributed by atoms with van der Waals surface area (Å²) in [4.78, 5) is 12.0. The van der Waals surface area contributed by atoms with E-state index in [1.165, 1.54) is 5.56 Å². The molecular weight excluding hydrogens is 611 g/mol. The summed E-state index contributed by atoms with van der Waals surface area (Å²) < 4.78 is 20.3. The van der Waals surface area contributed by atoms with Crippen molar-refractivity contribution in [3.8, 4) is 5.75 Å². The first-order chi connectivity index (χ1) is 15.4. The van der Waals surface area contributed by atoms with Gasteiger partial charge in [-0.2, -0.15) is 0 Å². The molecule has 2 aromatic rings. The van der Waals surface area contributed by atoms with Gasteiger partial charge >= 0.3 is 5.97 Å². The normalized spacial score (nSPS) is 19.2. The summed E-state index contributed by atoms with van der Waals surface area (Å²) in [5.74, 6) is 0.973. The van der Waals surface area contributed by atoms with Gasteiger partial charge in [-0.3, -0.25) is 4.79 Å². The average Bonchev–Trinajstić information content (AvgIpc) is 3.52. The largest absolute Gasteiger partial charge is 0.482 e. The summed E-state index contributed by atoms with van der Waals surface area (Å²) in [5, 5.41) is 0.130. The van der Waals surface area contributed by atoms with Crippen LogP contribution in [-0.4, -0.2) is 27.5 Å². The number of carbonyl (C=O) groups excluding carboxylic acids is 1. The number of benzene rings is 2. The van der Waals surface area contributed by atoms with Crippen LogP contribution in [0.1, 0.15) is 57.3 Å². The van der Waals surface area contributed by atoms with Crippen molar-refractivity contribution in [2.24, 2.45) is 5.92 Å². The van der Waals surface area contributed by atoms with Crippen molar-refractivity contribution in [3.63, 3.8) is 0 Å². The van der Waals surface area contributed by atoms with Crippen LogP contribution in [0.5, 0.6) is 5.75 Å². The molecule has 0 radical (unpaired) electrons. The first-order valence-corrected chi connectivity index (χ1v) is 16.2. The molecule has 1 aliphatic rings. The quantitative estimate of drug-likeness (QED) is 0.158. The molecule has 33 heavy (non-hydrogen) atoms. The van der Waals surface area contributed by atoms with Gasteiger partial charge in [0.15, 0.2) is 8.32 Å². The molecule has 7 heteroatoms. The predicted octanol–water partition coefficient (Wildman–Crippen LogP) is 7.86. The molecule has 0 amide bonds. The highest BCUT2D eigenvalue weighted by atomic mass is 127. The lowest BCUT2D eigenvalue weighted by atomic mass is 10.1. The third kappa shape index (κ3) is 6.83. The van der Waals surface area contributed by atoms with Gasteiger partial charge in [0.05, 0.1) is 22.7 Å². The number of ether oxygens (including phenoxy) is 2. The second kappa shape index (κ2) is 10.8. The van der Waals surface area contributed by atoms with E-state index in [9.17, 15) is 4.79 Å². The van der Waals surface area contributed by atoms with Gasteiger partial charge in [0.25, 0.3) is 0 Å². The van der Waals surface area contributed by atoms with Gasteiger partial charge in [0.1, 0.15) is 11.9 Å². The molecule has 3 rings (SSSR count). The van der Waals surface area contributed by atoms with Crippen LogP contribution < -0.4 is 4.74 Å². The lowest BCUT2D eigenvalue weighted by Gasteiger charge is -2.37. The number of hydrogen-bond donors (Lipinski definition) is 0. The molecule has 0 spiro atoms. The number of carbonyl (C=O) groups is 1. The van der Waals surface area contributed by atoms with Gasteiger partial charge in [-0.15, -0.1) is 0 Å². The Morgan fingerprint density at radius 3 is 2.55 bits per heavy atom. The van der Waals surface area contributed by atoms with E-state index in [2.05, 4.69) is 96.7 Å². The zero-order chi connectivity index (χ0) is 24.4. The van der Waals surface area contributed by atoms with Crippen LogP contribution in [0.25, 0.3) is 0 Å². The van der Waals surface area contributed by atoms with Gasteiger partial charge in [-0.25, -0.2) is 0 Å². The van der Waals surface area contributed by atoms with Crippen LogP contribution >= 0.6 is 38.5 Å². The average molecular weight is 645 g/mol. The van der Waals surface area contributed by atoms with E-state index in [1.54, 1.807) is 0 Å². The van der Waals surface area contributed by atoms with E-state index in [4.69, 9.17) is 13.9 Å². The van der Waals surface area contributed by atoms with Crippen LogP contribution in [0.2, 0.25) is 18.1 Å². The summed E-state index contributed by atoms with van der Waals surface area (Å²) in [5.41, 5.74) is 2.24. The molecule has 1 fully saturated rings. The molecular formula is C26H34BrIO4Si. The molecule has 1 aliphatic carbocycles. The van der Waals surface area contributed by atoms with Crippen molar-refractivity contribution in [3.05, 3.63) is 61.6 Å². The van der Waals surface area contributed by atoms with E-state index in [1.807, 2.05) is 25.1 Å². The standard InChI is InChI=1S/C26H34BrIO4Si/c1-7-30-25(29)21-15-20(21)17-11-12-23(22(28)14-17)32-24(18-9-8-10-19(27)13-18)16-31-33(5,6)26(2,3)4/h8-14,20-21,24H,7,15-16H2,1-6H3. The van der Waals surface area contributed by atoms with Gasteiger partial charge in [0.2, 0.25) is 0 Å². The molecule has 0 N–H and O–H groups in total. The summed E-state index contributed by atoms with van der Waals surface area (Å²) in [6, 6.07) is 14.5. The second-order valence-corrected chi connectivity index (χ2v) is 17.0. The summed E-state index contributed by atoms with van der Waals surface area (Å²) in [6.07, 6.45) is 0.639. The van der Waals surface area contributed by atoms with Gasteiger partial charge < -0.3 is 13.9 Å².